The average molecular weight is 234 g/mol. The zero-order valence-corrected chi connectivity index (χ0v) is 10.8. The van der Waals surface area contributed by atoms with Crippen LogP contribution in [0.15, 0.2) is 24.3 Å². The van der Waals surface area contributed by atoms with E-state index in [9.17, 15) is 4.79 Å². The molecule has 0 fully saturated rings. The molecule has 1 rings (SSSR count). The number of carbonyl (C=O) groups is 1. The molecule has 0 saturated heterocycles. The maximum atomic E-state index is 11.7. The van der Waals surface area contributed by atoms with Crippen molar-refractivity contribution in [3.63, 3.8) is 0 Å². The number of hydrogen-bond donors (Lipinski definition) is 2. The Hall–Kier alpha value is -1.35. The van der Waals surface area contributed by atoms with E-state index < -0.39 is 0 Å². The number of nitrogens with one attached hydrogen (secondary N) is 2. The van der Waals surface area contributed by atoms with E-state index in [0.717, 1.165) is 37.1 Å². The van der Waals surface area contributed by atoms with Crippen molar-refractivity contribution < 1.29 is 4.79 Å². The van der Waals surface area contributed by atoms with Gasteiger partial charge in [0.25, 0.3) is 0 Å². The molecular weight excluding hydrogens is 212 g/mol. The summed E-state index contributed by atoms with van der Waals surface area (Å²) in [5.74, 6) is 0.113. The van der Waals surface area contributed by atoms with Crippen molar-refractivity contribution in [2.24, 2.45) is 0 Å². The van der Waals surface area contributed by atoms with Gasteiger partial charge in [-0.05, 0) is 25.1 Å². The molecule has 17 heavy (non-hydrogen) atoms. The van der Waals surface area contributed by atoms with Gasteiger partial charge in [-0.15, -0.1) is 0 Å². The lowest BCUT2D eigenvalue weighted by Crippen LogP contribution is -2.14. The molecule has 1 amide bonds. The number of carbonyl (C=O) groups excluding carboxylic acids is 1. The van der Waals surface area contributed by atoms with Gasteiger partial charge in [0.05, 0.1) is 0 Å². The molecule has 0 aliphatic rings. The minimum atomic E-state index is 0.113. The molecule has 0 radical (unpaired) electrons. The van der Waals surface area contributed by atoms with Crippen LogP contribution in [0.2, 0.25) is 0 Å². The van der Waals surface area contributed by atoms with Crippen LogP contribution in [-0.4, -0.2) is 13.0 Å². The van der Waals surface area contributed by atoms with Crippen molar-refractivity contribution in [1.29, 1.82) is 0 Å². The zero-order chi connectivity index (χ0) is 12.5. The summed E-state index contributed by atoms with van der Waals surface area (Å²) in [6, 6.07) is 7.91. The first-order valence-electron chi connectivity index (χ1n) is 6.30. The number of rotatable bonds is 7. The highest BCUT2D eigenvalue weighted by molar-refractivity contribution is 5.91. The van der Waals surface area contributed by atoms with Crippen LogP contribution >= 0.6 is 0 Å². The van der Waals surface area contributed by atoms with Gasteiger partial charge in [0, 0.05) is 18.7 Å². The van der Waals surface area contributed by atoms with Crippen LogP contribution in [-0.2, 0) is 11.3 Å². The summed E-state index contributed by atoms with van der Waals surface area (Å²) in [6.45, 7) is 2.91. The number of anilines is 1. The van der Waals surface area contributed by atoms with Gasteiger partial charge >= 0.3 is 0 Å². The summed E-state index contributed by atoms with van der Waals surface area (Å²) < 4.78 is 0. The van der Waals surface area contributed by atoms with Gasteiger partial charge in [0.15, 0.2) is 0 Å². The molecule has 0 bridgehead atoms. The van der Waals surface area contributed by atoms with Crippen LogP contribution in [0.4, 0.5) is 5.69 Å². The molecule has 1 aromatic carbocycles. The third-order valence-electron chi connectivity index (χ3n) is 2.67. The number of benzene rings is 1. The van der Waals surface area contributed by atoms with Crippen LogP contribution in [0.5, 0.6) is 0 Å². The normalized spacial score (nSPS) is 10.2. The van der Waals surface area contributed by atoms with E-state index in [1.807, 2.05) is 31.3 Å². The van der Waals surface area contributed by atoms with Crippen molar-refractivity contribution in [3.8, 4) is 0 Å². The molecule has 94 valence electrons. The molecule has 0 saturated carbocycles. The van der Waals surface area contributed by atoms with E-state index >= 15 is 0 Å². The Labute approximate surface area is 104 Å². The fraction of sp³-hybridized carbons (Fsp3) is 0.500. The summed E-state index contributed by atoms with van der Waals surface area (Å²) in [6.07, 6.45) is 3.84. The second-order valence-electron chi connectivity index (χ2n) is 4.19. The first-order chi connectivity index (χ1) is 8.27. The van der Waals surface area contributed by atoms with E-state index in [2.05, 4.69) is 17.6 Å². The number of amides is 1. The molecule has 3 nitrogen and oxygen atoms in total. The Morgan fingerprint density at radius 2 is 2.00 bits per heavy atom. The van der Waals surface area contributed by atoms with Crippen LogP contribution in [0.25, 0.3) is 0 Å². The number of hydrogen-bond acceptors (Lipinski definition) is 2. The summed E-state index contributed by atoms with van der Waals surface area (Å²) in [5.41, 5.74) is 2.04. The molecule has 0 aromatic heterocycles. The third-order valence-corrected chi connectivity index (χ3v) is 2.67. The summed E-state index contributed by atoms with van der Waals surface area (Å²) in [7, 11) is 1.90. The zero-order valence-electron chi connectivity index (χ0n) is 10.8. The summed E-state index contributed by atoms with van der Waals surface area (Å²) in [4.78, 5) is 11.7. The highest BCUT2D eigenvalue weighted by Crippen LogP contribution is 2.15. The minimum absolute atomic E-state index is 0.113. The van der Waals surface area contributed by atoms with Crippen molar-refractivity contribution in [2.75, 3.05) is 12.4 Å². The molecular formula is C14H22N2O. The van der Waals surface area contributed by atoms with Crippen LogP contribution in [0, 0.1) is 0 Å². The maximum Gasteiger partial charge on any atom is 0.224 e. The topological polar surface area (TPSA) is 41.1 Å². The molecule has 1 aromatic rings. The van der Waals surface area contributed by atoms with Crippen LogP contribution < -0.4 is 10.6 Å². The molecule has 0 aliphatic carbocycles. The van der Waals surface area contributed by atoms with Crippen LogP contribution in [0.3, 0.4) is 0 Å². The van der Waals surface area contributed by atoms with Crippen molar-refractivity contribution >= 4 is 11.6 Å². The minimum Gasteiger partial charge on any atom is -0.326 e. The monoisotopic (exact) mass is 234 g/mol. The molecule has 0 spiro atoms. The van der Waals surface area contributed by atoms with Gasteiger partial charge < -0.3 is 10.6 Å². The molecule has 0 atom stereocenters. The van der Waals surface area contributed by atoms with E-state index in [4.69, 9.17) is 0 Å². The summed E-state index contributed by atoms with van der Waals surface area (Å²) >= 11 is 0. The number of unbranched alkanes of at least 4 members (excludes halogenated alkanes) is 2. The SMILES string of the molecule is CCCCCC(=O)Nc1ccccc1CNC. The molecule has 0 heterocycles. The Bertz CT molecular complexity index is 350. The van der Waals surface area contributed by atoms with E-state index in [1.54, 1.807) is 0 Å². The van der Waals surface area contributed by atoms with Gasteiger partial charge in [-0.3, -0.25) is 4.79 Å². The van der Waals surface area contributed by atoms with E-state index in [-0.39, 0.29) is 5.91 Å². The fourth-order valence-corrected chi connectivity index (χ4v) is 1.74. The molecule has 0 aliphatic heterocycles. The smallest absolute Gasteiger partial charge is 0.224 e. The van der Waals surface area contributed by atoms with Gasteiger partial charge in [0.2, 0.25) is 5.91 Å². The summed E-state index contributed by atoms with van der Waals surface area (Å²) in [5, 5.41) is 6.07. The highest BCUT2D eigenvalue weighted by Gasteiger charge is 2.05. The average Bonchev–Trinajstić information content (AvgIpc) is 2.32. The van der Waals surface area contributed by atoms with Crippen molar-refractivity contribution in [2.45, 2.75) is 39.2 Å². The highest BCUT2D eigenvalue weighted by atomic mass is 16.1. The molecule has 2 N–H and O–H groups in total. The largest absolute Gasteiger partial charge is 0.326 e. The standard InChI is InChI=1S/C14H22N2O/c1-3-4-5-10-14(17)16-13-9-7-6-8-12(13)11-15-2/h6-9,15H,3-5,10-11H2,1-2H3,(H,16,17). The van der Waals surface area contributed by atoms with E-state index in [0.29, 0.717) is 6.42 Å². The predicted molar refractivity (Wildman–Crippen MR) is 72.0 cm³/mol. The Morgan fingerprint density at radius 1 is 1.24 bits per heavy atom. The Balaban J connectivity index is 2.52. The predicted octanol–water partition coefficient (Wildman–Crippen LogP) is 2.92. The van der Waals surface area contributed by atoms with Crippen LogP contribution in [0.1, 0.15) is 38.2 Å². The van der Waals surface area contributed by atoms with E-state index in [1.165, 1.54) is 0 Å². The van der Waals surface area contributed by atoms with Gasteiger partial charge in [-0.1, -0.05) is 38.0 Å². The molecule has 0 unspecified atom stereocenters. The fourth-order valence-electron chi connectivity index (χ4n) is 1.74. The van der Waals surface area contributed by atoms with Crippen molar-refractivity contribution in [3.05, 3.63) is 29.8 Å². The molecule has 3 heteroatoms. The lowest BCUT2D eigenvalue weighted by atomic mass is 10.1. The van der Waals surface area contributed by atoms with Gasteiger partial charge in [-0.25, -0.2) is 0 Å². The van der Waals surface area contributed by atoms with Crippen molar-refractivity contribution in [1.82, 2.24) is 5.32 Å². The quantitative estimate of drug-likeness (QED) is 0.712. The first kappa shape index (κ1) is 13.7. The lowest BCUT2D eigenvalue weighted by molar-refractivity contribution is -0.116. The first-order valence-corrected chi connectivity index (χ1v) is 6.30. The maximum absolute atomic E-state index is 11.7. The lowest BCUT2D eigenvalue weighted by Gasteiger charge is -2.10. The second kappa shape index (κ2) is 7.85. The Morgan fingerprint density at radius 3 is 2.71 bits per heavy atom. The third kappa shape index (κ3) is 5.00. The second-order valence-corrected chi connectivity index (χ2v) is 4.19. The van der Waals surface area contributed by atoms with Gasteiger partial charge in [-0.2, -0.15) is 0 Å². The number of para-hydroxylation sites is 1. The van der Waals surface area contributed by atoms with Gasteiger partial charge in [0.1, 0.15) is 0 Å². The Kier molecular flexibility index (Phi) is 6.33.